The molecule has 3 aromatic rings. The molecule has 0 saturated carbocycles. The number of rotatable bonds is 4. The van der Waals surface area contributed by atoms with Crippen molar-refractivity contribution in [1.82, 2.24) is 0 Å². The number of likely N-dealkylation sites (N-methyl/N-ethyl adjacent to an activating group) is 1. The van der Waals surface area contributed by atoms with Gasteiger partial charge in [0.1, 0.15) is 0 Å². The van der Waals surface area contributed by atoms with E-state index in [9.17, 15) is 0 Å². The summed E-state index contributed by atoms with van der Waals surface area (Å²) in [4.78, 5) is 4.55. The maximum atomic E-state index is 2.34. The van der Waals surface area contributed by atoms with E-state index in [1.807, 2.05) is 6.07 Å². The first-order valence-corrected chi connectivity index (χ1v) is 10.5. The van der Waals surface area contributed by atoms with Crippen LogP contribution in [0.4, 0.5) is 17.1 Å². The third kappa shape index (κ3) is 5.42. The summed E-state index contributed by atoms with van der Waals surface area (Å²) < 4.78 is 0. The normalized spacial score (nSPS) is 14.6. The quantitative estimate of drug-likeness (QED) is 0.465. The number of nitrogens with zero attached hydrogens (tertiary/aromatic N) is 2. The van der Waals surface area contributed by atoms with E-state index in [1.165, 1.54) is 28.2 Å². The van der Waals surface area contributed by atoms with Crippen molar-refractivity contribution in [2.24, 2.45) is 0 Å². The van der Waals surface area contributed by atoms with Crippen LogP contribution in [0.1, 0.15) is 17.5 Å². The van der Waals surface area contributed by atoms with Gasteiger partial charge >= 0.3 is 0 Å². The number of benzene rings is 3. The molecule has 0 aliphatic heterocycles. The molecule has 2 nitrogen and oxygen atoms in total. The Bertz CT molecular complexity index is 988. The highest BCUT2D eigenvalue weighted by Gasteiger charge is 2.13. The Kier molecular flexibility index (Phi) is 7.51. The van der Waals surface area contributed by atoms with Crippen LogP contribution in [0.3, 0.4) is 0 Å². The first-order chi connectivity index (χ1) is 14.6. The molecule has 0 spiro atoms. The van der Waals surface area contributed by atoms with Crippen molar-refractivity contribution in [3.63, 3.8) is 0 Å². The van der Waals surface area contributed by atoms with Crippen molar-refractivity contribution in [2.45, 2.75) is 26.3 Å². The molecule has 30 heavy (non-hydrogen) atoms. The van der Waals surface area contributed by atoms with Crippen LogP contribution >= 0.6 is 0 Å². The Hall–Kier alpha value is -3.26. The summed E-state index contributed by atoms with van der Waals surface area (Å²) in [6.45, 7) is 4.29. The summed E-state index contributed by atoms with van der Waals surface area (Å²) in [5, 5.41) is 0. The minimum Gasteiger partial charge on any atom is -0.368 e. The van der Waals surface area contributed by atoms with Crippen LogP contribution in [-0.2, 0) is 0 Å². The molecule has 0 N–H and O–H groups in total. The fraction of sp³-hybridized carbons (Fsp3) is 0.214. The number of aryl methyl sites for hydroxylation is 2. The van der Waals surface area contributed by atoms with E-state index in [1.54, 1.807) is 0 Å². The van der Waals surface area contributed by atoms with Crippen LogP contribution in [0.2, 0.25) is 0 Å². The molecule has 2 heteroatoms. The number of hydrogen-bond donors (Lipinski definition) is 0. The van der Waals surface area contributed by atoms with Gasteiger partial charge in [-0.15, -0.1) is 0 Å². The molecule has 1 atom stereocenters. The summed E-state index contributed by atoms with van der Waals surface area (Å²) in [6, 6.07) is 27.8. The maximum absolute atomic E-state index is 2.34. The number of hydrogen-bond acceptors (Lipinski definition) is 2. The van der Waals surface area contributed by atoms with E-state index in [-0.39, 0.29) is 0 Å². The molecule has 0 bridgehead atoms. The number of anilines is 3. The molecule has 1 unspecified atom stereocenters. The van der Waals surface area contributed by atoms with Gasteiger partial charge in [-0.3, -0.25) is 0 Å². The Morgan fingerprint density at radius 3 is 1.80 bits per heavy atom. The predicted molar refractivity (Wildman–Crippen MR) is 132 cm³/mol. The summed E-state index contributed by atoms with van der Waals surface area (Å²) in [5.41, 5.74) is 6.42. The highest BCUT2D eigenvalue weighted by Crippen LogP contribution is 2.26. The van der Waals surface area contributed by atoms with E-state index in [0.29, 0.717) is 6.04 Å². The zero-order valence-corrected chi connectivity index (χ0v) is 18.5. The van der Waals surface area contributed by atoms with Gasteiger partial charge < -0.3 is 9.80 Å². The molecule has 0 aromatic heterocycles. The number of para-hydroxylation sites is 3. The molecule has 0 heterocycles. The molecule has 0 amide bonds. The molecule has 1 aliphatic carbocycles. The monoisotopic (exact) mass is 396 g/mol. The standard InChI is InChI=1S/C14H17N.C14H15N/c2*1-12-8-6-7-11-14(12)15(2)13-9-4-3-5-10-13/h3-9,11,13H,10H2,1-2H3;3-11H,1-2H3. The molecular weight excluding hydrogens is 364 g/mol. The van der Waals surface area contributed by atoms with Crippen LogP contribution < -0.4 is 9.80 Å². The molecule has 1 aliphatic rings. The average Bonchev–Trinajstić information content (AvgIpc) is 2.80. The first kappa shape index (κ1) is 21.4. The topological polar surface area (TPSA) is 6.48 Å². The maximum Gasteiger partial charge on any atom is 0.0507 e. The van der Waals surface area contributed by atoms with Gasteiger partial charge in [0.25, 0.3) is 0 Å². The van der Waals surface area contributed by atoms with E-state index in [4.69, 9.17) is 0 Å². The van der Waals surface area contributed by atoms with Gasteiger partial charge in [-0.1, -0.05) is 78.9 Å². The second-order valence-corrected chi connectivity index (χ2v) is 7.69. The van der Waals surface area contributed by atoms with Crippen LogP contribution in [0, 0.1) is 13.8 Å². The van der Waals surface area contributed by atoms with Gasteiger partial charge in [-0.2, -0.15) is 0 Å². The van der Waals surface area contributed by atoms with Gasteiger partial charge in [-0.25, -0.2) is 0 Å². The Balaban J connectivity index is 0.000000171. The van der Waals surface area contributed by atoms with Crippen molar-refractivity contribution in [3.05, 3.63) is 114 Å². The minimum atomic E-state index is 0.496. The molecule has 0 saturated heterocycles. The summed E-state index contributed by atoms with van der Waals surface area (Å²) in [6.07, 6.45) is 9.82. The molecular formula is C28H32N2. The van der Waals surface area contributed by atoms with E-state index < -0.39 is 0 Å². The van der Waals surface area contributed by atoms with Crippen LogP contribution in [-0.4, -0.2) is 20.1 Å². The van der Waals surface area contributed by atoms with E-state index >= 15 is 0 Å². The van der Waals surface area contributed by atoms with Gasteiger partial charge in [0, 0.05) is 31.2 Å². The highest BCUT2D eigenvalue weighted by molar-refractivity contribution is 5.65. The SMILES string of the molecule is Cc1ccccc1N(C)C1C=CC=CC1.Cc1ccccc1N(C)c1ccccc1. The summed E-state index contributed by atoms with van der Waals surface area (Å²) in [5.74, 6) is 0. The zero-order chi connectivity index (χ0) is 21.3. The number of allylic oxidation sites excluding steroid dienone is 2. The lowest BCUT2D eigenvalue weighted by Gasteiger charge is -2.29. The Labute approximate surface area is 181 Å². The fourth-order valence-corrected chi connectivity index (χ4v) is 3.72. The van der Waals surface area contributed by atoms with Crippen LogP contribution in [0.5, 0.6) is 0 Å². The van der Waals surface area contributed by atoms with Crippen LogP contribution in [0.25, 0.3) is 0 Å². The highest BCUT2D eigenvalue weighted by atomic mass is 15.1. The van der Waals surface area contributed by atoms with Gasteiger partial charge in [0.15, 0.2) is 0 Å². The third-order valence-corrected chi connectivity index (χ3v) is 5.57. The molecule has 154 valence electrons. The molecule has 0 fully saturated rings. The zero-order valence-electron chi connectivity index (χ0n) is 18.5. The second kappa shape index (κ2) is 10.5. The molecule has 0 radical (unpaired) electrons. The smallest absolute Gasteiger partial charge is 0.0507 e. The van der Waals surface area contributed by atoms with E-state index in [0.717, 1.165) is 6.42 Å². The predicted octanol–water partition coefficient (Wildman–Crippen LogP) is 7.08. The van der Waals surface area contributed by atoms with Crippen molar-refractivity contribution < 1.29 is 0 Å². The minimum absolute atomic E-state index is 0.496. The molecule has 3 aromatic carbocycles. The lowest BCUT2D eigenvalue weighted by molar-refractivity contribution is 0.751. The van der Waals surface area contributed by atoms with Crippen molar-refractivity contribution in [3.8, 4) is 0 Å². The van der Waals surface area contributed by atoms with Crippen LogP contribution in [0.15, 0.2) is 103 Å². The van der Waals surface area contributed by atoms with Gasteiger partial charge in [-0.05, 0) is 55.7 Å². The van der Waals surface area contributed by atoms with E-state index in [2.05, 4.69) is 135 Å². The Morgan fingerprint density at radius 2 is 1.23 bits per heavy atom. The summed E-state index contributed by atoms with van der Waals surface area (Å²) >= 11 is 0. The lowest BCUT2D eigenvalue weighted by Crippen LogP contribution is -2.30. The average molecular weight is 397 g/mol. The lowest BCUT2D eigenvalue weighted by atomic mass is 10.1. The van der Waals surface area contributed by atoms with Gasteiger partial charge in [0.2, 0.25) is 0 Å². The van der Waals surface area contributed by atoms with Crippen molar-refractivity contribution >= 4 is 17.1 Å². The van der Waals surface area contributed by atoms with Crippen molar-refractivity contribution in [2.75, 3.05) is 23.9 Å². The van der Waals surface area contributed by atoms with Crippen molar-refractivity contribution in [1.29, 1.82) is 0 Å². The summed E-state index contributed by atoms with van der Waals surface area (Å²) in [7, 11) is 4.26. The fourth-order valence-electron chi connectivity index (χ4n) is 3.72. The Morgan fingerprint density at radius 1 is 0.667 bits per heavy atom. The van der Waals surface area contributed by atoms with Gasteiger partial charge in [0.05, 0.1) is 6.04 Å². The second-order valence-electron chi connectivity index (χ2n) is 7.69. The molecule has 4 rings (SSSR count). The first-order valence-electron chi connectivity index (χ1n) is 10.5. The third-order valence-electron chi connectivity index (χ3n) is 5.57. The largest absolute Gasteiger partial charge is 0.368 e.